The molecule has 2 aromatic carbocycles. The average molecular weight is 460 g/mol. The number of carbonyl (C=O) groups excluding carboxylic acids is 3. The Balaban J connectivity index is 1.78. The third kappa shape index (κ3) is 4.99. The predicted octanol–water partition coefficient (Wildman–Crippen LogP) is 3.47. The molecule has 0 radical (unpaired) electrons. The predicted molar refractivity (Wildman–Crippen MR) is 128 cm³/mol. The summed E-state index contributed by atoms with van der Waals surface area (Å²) in [7, 11) is 3.40. The van der Waals surface area contributed by atoms with E-state index >= 15 is 0 Å². The van der Waals surface area contributed by atoms with Crippen LogP contribution in [-0.4, -0.2) is 66.2 Å². The van der Waals surface area contributed by atoms with Crippen molar-refractivity contribution in [2.45, 2.75) is 12.8 Å². The van der Waals surface area contributed by atoms with Crippen LogP contribution in [0.4, 0.5) is 0 Å². The van der Waals surface area contributed by atoms with Gasteiger partial charge in [0.15, 0.2) is 11.6 Å². The van der Waals surface area contributed by atoms with Crippen LogP contribution in [0.1, 0.15) is 38.1 Å². The number of amides is 1. The molecule has 7 nitrogen and oxygen atoms in total. The van der Waals surface area contributed by atoms with E-state index in [0.717, 1.165) is 0 Å². The highest BCUT2D eigenvalue weighted by atomic mass is 16.5. The van der Waals surface area contributed by atoms with Crippen molar-refractivity contribution >= 4 is 17.5 Å². The smallest absolute Gasteiger partial charge is 0.236 e. The monoisotopic (exact) mass is 459 g/mol. The zero-order chi connectivity index (χ0) is 24.2. The molecule has 1 aliphatic rings. The Hall–Kier alpha value is -3.58. The summed E-state index contributed by atoms with van der Waals surface area (Å²) in [6.07, 6.45) is 0. The molecule has 1 aromatic heterocycles. The second-order valence-electron chi connectivity index (χ2n) is 9.04. The number of Topliss-reactive ketones (excluding diaryl/α,β-unsaturated/α-hetero) is 2. The molecule has 2 heterocycles. The van der Waals surface area contributed by atoms with Gasteiger partial charge in [0.05, 0.1) is 12.2 Å². The fraction of sp³-hybridized carbons (Fsp3) is 0.333. The van der Waals surface area contributed by atoms with Gasteiger partial charge in [-0.1, -0.05) is 65.8 Å². The van der Waals surface area contributed by atoms with Gasteiger partial charge < -0.3 is 9.42 Å². The molecule has 1 amide bonds. The Morgan fingerprint density at radius 3 is 1.82 bits per heavy atom. The standard InChI is InChI=1S/C27H29N3O4/c1-18-14-23(28-34-18)25-21(26(32)19-10-6-4-7-11-19)15-30(17-24(31)29(2)3)16-22(25)27(33)20-12-8-5-9-13-20/h4-14,21-22,25H,15-17H2,1-3H3. The first-order valence-electron chi connectivity index (χ1n) is 11.4. The Morgan fingerprint density at radius 1 is 0.912 bits per heavy atom. The first-order chi connectivity index (χ1) is 16.3. The molecule has 0 spiro atoms. The number of ketones is 2. The number of carbonyl (C=O) groups is 3. The molecule has 1 saturated heterocycles. The van der Waals surface area contributed by atoms with Crippen molar-refractivity contribution in [3.8, 4) is 0 Å². The van der Waals surface area contributed by atoms with E-state index < -0.39 is 17.8 Å². The van der Waals surface area contributed by atoms with E-state index in [-0.39, 0.29) is 24.0 Å². The minimum Gasteiger partial charge on any atom is -0.361 e. The van der Waals surface area contributed by atoms with Crippen LogP contribution in [0.5, 0.6) is 0 Å². The molecule has 0 saturated carbocycles. The third-order valence-electron chi connectivity index (χ3n) is 6.41. The lowest BCUT2D eigenvalue weighted by Crippen LogP contribution is -2.52. The first kappa shape index (κ1) is 23.6. The lowest BCUT2D eigenvalue weighted by atomic mass is 9.70. The molecule has 4 rings (SSSR count). The maximum absolute atomic E-state index is 13.8. The second-order valence-corrected chi connectivity index (χ2v) is 9.04. The maximum Gasteiger partial charge on any atom is 0.236 e. The highest BCUT2D eigenvalue weighted by Crippen LogP contribution is 2.40. The van der Waals surface area contributed by atoms with E-state index in [9.17, 15) is 14.4 Å². The van der Waals surface area contributed by atoms with Crippen molar-refractivity contribution in [2.24, 2.45) is 11.8 Å². The van der Waals surface area contributed by atoms with Crippen LogP contribution in [-0.2, 0) is 4.79 Å². The van der Waals surface area contributed by atoms with E-state index in [0.29, 0.717) is 35.7 Å². The Kier molecular flexibility index (Phi) is 7.03. The van der Waals surface area contributed by atoms with Crippen LogP contribution in [0.3, 0.4) is 0 Å². The fourth-order valence-electron chi connectivity index (χ4n) is 4.68. The van der Waals surface area contributed by atoms with Gasteiger partial charge in [-0.2, -0.15) is 0 Å². The molecule has 3 aromatic rings. The molecule has 7 heteroatoms. The van der Waals surface area contributed by atoms with Crippen LogP contribution in [0, 0.1) is 18.8 Å². The molecule has 2 unspecified atom stereocenters. The van der Waals surface area contributed by atoms with Gasteiger partial charge >= 0.3 is 0 Å². The second kappa shape index (κ2) is 10.1. The van der Waals surface area contributed by atoms with Crippen LogP contribution in [0.25, 0.3) is 0 Å². The Morgan fingerprint density at radius 2 is 1.41 bits per heavy atom. The number of piperidine rings is 1. The first-order valence-corrected chi connectivity index (χ1v) is 11.4. The summed E-state index contributed by atoms with van der Waals surface area (Å²) in [6, 6.07) is 20.0. The van der Waals surface area contributed by atoms with Gasteiger partial charge in [0.2, 0.25) is 5.91 Å². The quantitative estimate of drug-likeness (QED) is 0.503. The third-order valence-corrected chi connectivity index (χ3v) is 6.41. The van der Waals surface area contributed by atoms with Gasteiger partial charge in [0, 0.05) is 62.1 Å². The molecule has 0 N–H and O–H groups in total. The van der Waals surface area contributed by atoms with Crippen molar-refractivity contribution in [1.29, 1.82) is 0 Å². The number of hydrogen-bond donors (Lipinski definition) is 0. The zero-order valence-corrected chi connectivity index (χ0v) is 19.7. The van der Waals surface area contributed by atoms with Crippen LogP contribution in [0.15, 0.2) is 71.3 Å². The Bertz CT molecular complexity index is 1100. The summed E-state index contributed by atoms with van der Waals surface area (Å²) in [5, 5.41) is 4.23. The van der Waals surface area contributed by atoms with Gasteiger partial charge in [-0.25, -0.2) is 0 Å². The number of likely N-dealkylation sites (N-methyl/N-ethyl adjacent to an activating group) is 1. The van der Waals surface area contributed by atoms with Crippen LogP contribution in [0.2, 0.25) is 0 Å². The fourth-order valence-corrected chi connectivity index (χ4v) is 4.68. The van der Waals surface area contributed by atoms with E-state index in [2.05, 4.69) is 5.16 Å². The lowest BCUT2D eigenvalue weighted by molar-refractivity contribution is -0.130. The summed E-state index contributed by atoms with van der Waals surface area (Å²) >= 11 is 0. The van der Waals surface area contributed by atoms with E-state index in [4.69, 9.17) is 4.52 Å². The van der Waals surface area contributed by atoms with Crippen molar-refractivity contribution < 1.29 is 18.9 Å². The zero-order valence-electron chi connectivity index (χ0n) is 19.7. The number of aromatic nitrogens is 1. The van der Waals surface area contributed by atoms with E-state index in [1.807, 2.05) is 47.4 Å². The molecule has 34 heavy (non-hydrogen) atoms. The number of hydrogen-bond acceptors (Lipinski definition) is 6. The summed E-state index contributed by atoms with van der Waals surface area (Å²) in [4.78, 5) is 43.5. The molecular formula is C27H29N3O4. The summed E-state index contributed by atoms with van der Waals surface area (Å²) in [5.74, 6) is -1.19. The molecule has 1 aliphatic heterocycles. The largest absolute Gasteiger partial charge is 0.361 e. The van der Waals surface area contributed by atoms with Gasteiger partial charge in [-0.05, 0) is 6.92 Å². The number of likely N-dealkylation sites (tertiary alicyclic amines) is 1. The van der Waals surface area contributed by atoms with Crippen LogP contribution < -0.4 is 0 Å². The molecule has 2 atom stereocenters. The summed E-state index contributed by atoms with van der Waals surface area (Å²) < 4.78 is 5.36. The summed E-state index contributed by atoms with van der Waals surface area (Å²) in [6.45, 7) is 2.63. The molecule has 0 aliphatic carbocycles. The van der Waals surface area contributed by atoms with Crippen LogP contribution >= 0.6 is 0 Å². The number of nitrogens with zero attached hydrogens (tertiary/aromatic N) is 3. The van der Waals surface area contributed by atoms with E-state index in [1.165, 1.54) is 4.90 Å². The molecule has 176 valence electrons. The van der Waals surface area contributed by atoms with Crippen molar-refractivity contribution in [3.05, 3.63) is 89.3 Å². The average Bonchev–Trinajstić information content (AvgIpc) is 3.29. The minimum atomic E-state index is -0.562. The molecular weight excluding hydrogens is 430 g/mol. The molecule has 0 bridgehead atoms. The highest BCUT2D eigenvalue weighted by molar-refractivity contribution is 6.02. The van der Waals surface area contributed by atoms with Crippen molar-refractivity contribution in [3.63, 3.8) is 0 Å². The number of aryl methyl sites for hydroxylation is 1. The lowest BCUT2D eigenvalue weighted by Gasteiger charge is -2.42. The Labute approximate surface area is 199 Å². The van der Waals surface area contributed by atoms with E-state index in [1.54, 1.807) is 45.3 Å². The van der Waals surface area contributed by atoms with Gasteiger partial charge in [-0.15, -0.1) is 0 Å². The van der Waals surface area contributed by atoms with Crippen molar-refractivity contribution in [2.75, 3.05) is 33.7 Å². The van der Waals surface area contributed by atoms with Gasteiger partial charge in [0.25, 0.3) is 0 Å². The highest BCUT2D eigenvalue weighted by Gasteiger charge is 2.46. The van der Waals surface area contributed by atoms with Gasteiger partial charge in [-0.3, -0.25) is 19.3 Å². The number of benzene rings is 2. The topological polar surface area (TPSA) is 83.7 Å². The van der Waals surface area contributed by atoms with Gasteiger partial charge in [0.1, 0.15) is 5.76 Å². The normalized spacial score (nSPS) is 20.6. The summed E-state index contributed by atoms with van der Waals surface area (Å²) in [5.41, 5.74) is 1.74. The maximum atomic E-state index is 13.8. The SMILES string of the molecule is Cc1cc(C2C(C(=O)c3ccccc3)CN(CC(=O)N(C)C)CC2C(=O)c2ccccc2)no1. The van der Waals surface area contributed by atoms with Crippen molar-refractivity contribution in [1.82, 2.24) is 15.0 Å². The number of rotatable bonds is 7. The molecule has 1 fully saturated rings. The minimum absolute atomic E-state index is 0.0703.